The summed E-state index contributed by atoms with van der Waals surface area (Å²) in [6.07, 6.45) is -3.34. The van der Waals surface area contributed by atoms with Crippen LogP contribution in [0.25, 0.3) is 11.3 Å². The first-order valence-corrected chi connectivity index (χ1v) is 10.6. The average Bonchev–Trinajstić information content (AvgIpc) is 2.75. The number of rotatable bonds is 8. The second-order valence-electron chi connectivity index (χ2n) is 6.37. The predicted octanol–water partition coefficient (Wildman–Crippen LogP) is 5.15. The van der Waals surface area contributed by atoms with Gasteiger partial charge in [0, 0.05) is 30.4 Å². The van der Waals surface area contributed by atoms with Gasteiger partial charge < -0.3 is 14.6 Å². The zero-order valence-corrected chi connectivity index (χ0v) is 17.7. The number of ether oxygens (including phenoxy) is 1. The summed E-state index contributed by atoms with van der Waals surface area (Å²) < 4.78 is 55.1. The van der Waals surface area contributed by atoms with Crippen LogP contribution in [0.5, 0.6) is 5.75 Å². The van der Waals surface area contributed by atoms with Crippen LogP contribution in [0.3, 0.4) is 0 Å². The van der Waals surface area contributed by atoms with Crippen LogP contribution in [0.2, 0.25) is 0 Å². The fourth-order valence-electron chi connectivity index (χ4n) is 2.82. The normalized spacial score (nSPS) is 12.6. The molecule has 2 aromatic carbocycles. The quantitative estimate of drug-likeness (QED) is 0.479. The summed E-state index contributed by atoms with van der Waals surface area (Å²) in [4.78, 5) is 9.12. The summed E-state index contributed by atoms with van der Waals surface area (Å²) >= 11 is -1.22. The lowest BCUT2D eigenvalue weighted by atomic mass is 10.1. The number of hydrogen-bond acceptors (Lipinski definition) is 6. The average molecular weight is 450 g/mol. The SMILES string of the molecule is CCN(CC)[S+]([O-])c1ccc(-c2cc(Nc3ccc(OC(F)(F)F)cc3)ncn2)cc1. The Morgan fingerprint density at radius 3 is 2.23 bits per heavy atom. The van der Waals surface area contributed by atoms with E-state index < -0.39 is 17.7 Å². The zero-order chi connectivity index (χ0) is 22.4. The maximum atomic E-state index is 12.5. The molecule has 0 aliphatic carbocycles. The molecule has 0 aliphatic heterocycles. The molecule has 1 heterocycles. The van der Waals surface area contributed by atoms with E-state index in [2.05, 4.69) is 20.0 Å². The van der Waals surface area contributed by atoms with Gasteiger partial charge in [0.05, 0.1) is 17.1 Å². The zero-order valence-electron chi connectivity index (χ0n) is 16.9. The van der Waals surface area contributed by atoms with Crippen LogP contribution >= 0.6 is 0 Å². The molecule has 0 radical (unpaired) electrons. The van der Waals surface area contributed by atoms with Crippen molar-refractivity contribution in [1.82, 2.24) is 14.3 Å². The fourth-order valence-corrected chi connectivity index (χ4v) is 3.96. The Morgan fingerprint density at radius 1 is 1.00 bits per heavy atom. The summed E-state index contributed by atoms with van der Waals surface area (Å²) in [6.45, 7) is 5.30. The Morgan fingerprint density at radius 2 is 1.65 bits per heavy atom. The Labute approximate surface area is 181 Å². The minimum atomic E-state index is -4.73. The molecule has 10 heteroatoms. The van der Waals surface area contributed by atoms with Gasteiger partial charge in [0.15, 0.2) is 4.90 Å². The van der Waals surface area contributed by atoms with E-state index in [0.29, 0.717) is 35.2 Å². The van der Waals surface area contributed by atoms with Crippen molar-refractivity contribution in [3.63, 3.8) is 0 Å². The highest BCUT2D eigenvalue weighted by Gasteiger charge is 2.30. The van der Waals surface area contributed by atoms with Crippen molar-refractivity contribution < 1.29 is 22.5 Å². The summed E-state index contributed by atoms with van der Waals surface area (Å²) in [5.41, 5.74) is 2.01. The molecule has 0 spiro atoms. The molecule has 0 saturated carbocycles. The third-order valence-electron chi connectivity index (χ3n) is 4.32. The first-order chi connectivity index (χ1) is 14.8. The lowest BCUT2D eigenvalue weighted by Crippen LogP contribution is -2.30. The molecule has 6 nitrogen and oxygen atoms in total. The number of nitrogens with zero attached hydrogens (tertiary/aromatic N) is 3. The summed E-state index contributed by atoms with van der Waals surface area (Å²) in [6, 6.07) is 14.4. The number of hydrogen-bond donors (Lipinski definition) is 1. The summed E-state index contributed by atoms with van der Waals surface area (Å²) in [5.74, 6) is 0.175. The van der Waals surface area contributed by atoms with Crippen LogP contribution in [0.1, 0.15) is 13.8 Å². The molecular formula is C21H21F3N4O2S. The maximum absolute atomic E-state index is 12.5. The van der Waals surface area contributed by atoms with Gasteiger partial charge in [-0.05, 0) is 62.4 Å². The number of aromatic nitrogens is 2. The van der Waals surface area contributed by atoms with Gasteiger partial charge in [0.2, 0.25) is 0 Å². The molecule has 1 N–H and O–H groups in total. The van der Waals surface area contributed by atoms with Crippen LogP contribution < -0.4 is 10.1 Å². The van der Waals surface area contributed by atoms with Crippen molar-refractivity contribution >= 4 is 22.9 Å². The first kappa shape index (κ1) is 22.9. The molecule has 1 aromatic heterocycles. The van der Waals surface area contributed by atoms with Crippen molar-refractivity contribution in [2.45, 2.75) is 25.1 Å². The molecule has 0 bridgehead atoms. The van der Waals surface area contributed by atoms with Gasteiger partial charge in [0.1, 0.15) is 17.9 Å². The van der Waals surface area contributed by atoms with E-state index in [1.807, 2.05) is 30.3 Å². The number of anilines is 2. The molecule has 0 aliphatic rings. The number of nitrogens with one attached hydrogen (secondary N) is 1. The smallest absolute Gasteiger partial charge is 0.573 e. The van der Waals surface area contributed by atoms with Gasteiger partial charge in [-0.15, -0.1) is 17.5 Å². The van der Waals surface area contributed by atoms with E-state index >= 15 is 0 Å². The van der Waals surface area contributed by atoms with Crippen molar-refractivity contribution in [3.05, 3.63) is 60.9 Å². The summed E-state index contributed by atoms with van der Waals surface area (Å²) in [5, 5.41) is 3.02. The van der Waals surface area contributed by atoms with Gasteiger partial charge in [-0.3, -0.25) is 0 Å². The highest BCUT2D eigenvalue weighted by Crippen LogP contribution is 2.26. The Hall–Kier alpha value is -2.82. The van der Waals surface area contributed by atoms with Gasteiger partial charge in [-0.2, -0.15) is 0 Å². The molecular weight excluding hydrogens is 429 g/mol. The molecule has 0 saturated heterocycles. The van der Waals surface area contributed by atoms with Crippen LogP contribution in [-0.4, -0.2) is 38.3 Å². The molecule has 3 rings (SSSR count). The van der Waals surface area contributed by atoms with Crippen LogP contribution in [0.4, 0.5) is 24.7 Å². The first-order valence-electron chi connectivity index (χ1n) is 9.51. The Kier molecular flexibility index (Phi) is 7.37. The maximum Gasteiger partial charge on any atom is 0.573 e. The number of benzene rings is 2. The van der Waals surface area contributed by atoms with Crippen LogP contribution in [0.15, 0.2) is 65.8 Å². The minimum Gasteiger partial charge on any atom is -0.593 e. The van der Waals surface area contributed by atoms with Crippen LogP contribution in [0, 0.1) is 0 Å². The van der Waals surface area contributed by atoms with Gasteiger partial charge in [-0.1, -0.05) is 0 Å². The van der Waals surface area contributed by atoms with Crippen molar-refractivity contribution in [2.24, 2.45) is 0 Å². The van der Waals surface area contributed by atoms with E-state index in [4.69, 9.17) is 0 Å². The van der Waals surface area contributed by atoms with Crippen molar-refractivity contribution in [3.8, 4) is 17.0 Å². The number of halogens is 3. The van der Waals surface area contributed by atoms with Gasteiger partial charge in [0.25, 0.3) is 0 Å². The second-order valence-corrected chi connectivity index (χ2v) is 7.86. The molecule has 0 amide bonds. The molecule has 164 valence electrons. The molecule has 3 aromatic rings. The summed E-state index contributed by atoms with van der Waals surface area (Å²) in [7, 11) is 0. The van der Waals surface area contributed by atoms with Gasteiger partial charge in [-0.25, -0.2) is 9.97 Å². The molecule has 31 heavy (non-hydrogen) atoms. The third kappa shape index (κ3) is 6.33. The number of alkyl halides is 3. The van der Waals surface area contributed by atoms with E-state index in [9.17, 15) is 17.7 Å². The largest absolute Gasteiger partial charge is 0.593 e. The van der Waals surface area contributed by atoms with Crippen LogP contribution in [-0.2, 0) is 11.4 Å². The fraction of sp³-hybridized carbons (Fsp3) is 0.238. The van der Waals surface area contributed by atoms with E-state index in [1.54, 1.807) is 18.2 Å². The van der Waals surface area contributed by atoms with E-state index in [-0.39, 0.29) is 5.75 Å². The molecule has 0 fully saturated rings. The Bertz CT molecular complexity index is 981. The van der Waals surface area contributed by atoms with Crippen molar-refractivity contribution in [1.29, 1.82) is 0 Å². The minimum absolute atomic E-state index is 0.302. The monoisotopic (exact) mass is 450 g/mol. The highest BCUT2D eigenvalue weighted by molar-refractivity contribution is 7.89. The lowest BCUT2D eigenvalue weighted by Gasteiger charge is -2.21. The topological polar surface area (TPSA) is 73.3 Å². The van der Waals surface area contributed by atoms with E-state index in [1.165, 1.54) is 30.6 Å². The second kappa shape index (κ2) is 9.99. The van der Waals surface area contributed by atoms with Gasteiger partial charge >= 0.3 is 6.36 Å². The van der Waals surface area contributed by atoms with Crippen molar-refractivity contribution in [2.75, 3.05) is 18.4 Å². The van der Waals surface area contributed by atoms with E-state index in [0.717, 1.165) is 5.56 Å². The predicted molar refractivity (Wildman–Crippen MR) is 113 cm³/mol. The Balaban J connectivity index is 1.71. The lowest BCUT2D eigenvalue weighted by molar-refractivity contribution is -0.274. The highest BCUT2D eigenvalue weighted by atomic mass is 32.2. The third-order valence-corrected chi connectivity index (χ3v) is 5.98. The molecule has 1 unspecified atom stereocenters. The molecule has 1 atom stereocenters. The standard InChI is InChI=1S/C21H21F3N4O2S/c1-3-28(4-2)31(29)18-11-5-15(6-12-18)19-13-20(26-14-25-19)27-16-7-9-17(10-8-16)30-21(22,23)24/h5-14H,3-4H2,1-2H3,(H,25,26,27).